The third kappa shape index (κ3) is 3.93. The second-order valence-electron chi connectivity index (χ2n) is 7.22. The van der Waals surface area contributed by atoms with Crippen LogP contribution < -0.4 is 10.2 Å². The highest BCUT2D eigenvalue weighted by Crippen LogP contribution is 2.31. The van der Waals surface area contributed by atoms with Gasteiger partial charge in [-0.1, -0.05) is 30.7 Å². The zero-order valence-electron chi connectivity index (χ0n) is 16.6. The molecule has 0 saturated carbocycles. The molecule has 0 bridgehead atoms. The first-order chi connectivity index (χ1) is 13.7. The Balaban J connectivity index is 1.62. The lowest BCUT2D eigenvalue weighted by Gasteiger charge is -2.32. The molecule has 1 aromatic carbocycles. The van der Waals surface area contributed by atoms with Crippen LogP contribution in [0.25, 0.3) is 0 Å². The minimum atomic E-state index is 0.851. The van der Waals surface area contributed by atoms with Gasteiger partial charge in [-0.2, -0.15) is 5.10 Å². The van der Waals surface area contributed by atoms with Crippen LogP contribution in [-0.2, 0) is 19.4 Å². The SMILES string of the molecule is CCCn1ncc2c1N(CCc1ccccn1)C(Nc1ccc(C)cc1)=CC2. The van der Waals surface area contributed by atoms with Crippen LogP contribution in [0.5, 0.6) is 0 Å². The molecule has 4 rings (SSSR count). The molecule has 28 heavy (non-hydrogen) atoms. The summed E-state index contributed by atoms with van der Waals surface area (Å²) in [5.41, 5.74) is 4.75. The van der Waals surface area contributed by atoms with Crippen molar-refractivity contribution in [3.05, 3.63) is 83.6 Å². The van der Waals surface area contributed by atoms with Crippen LogP contribution in [0, 0.1) is 6.92 Å². The summed E-state index contributed by atoms with van der Waals surface area (Å²) in [6.07, 6.45) is 8.97. The number of allylic oxidation sites excluding steroid dienone is 1. The maximum Gasteiger partial charge on any atom is 0.135 e. The molecule has 0 fully saturated rings. The van der Waals surface area contributed by atoms with E-state index in [1.54, 1.807) is 0 Å². The molecule has 0 aliphatic carbocycles. The average Bonchev–Trinajstić information content (AvgIpc) is 3.13. The fourth-order valence-corrected chi connectivity index (χ4v) is 3.58. The normalized spacial score (nSPS) is 13.2. The van der Waals surface area contributed by atoms with Crippen molar-refractivity contribution in [3.8, 4) is 0 Å². The molecule has 0 atom stereocenters. The van der Waals surface area contributed by atoms with Crippen LogP contribution >= 0.6 is 0 Å². The van der Waals surface area contributed by atoms with Gasteiger partial charge in [0.05, 0.1) is 6.20 Å². The molecule has 3 heterocycles. The number of aromatic nitrogens is 3. The highest BCUT2D eigenvalue weighted by Gasteiger charge is 2.24. The van der Waals surface area contributed by atoms with E-state index in [0.29, 0.717) is 0 Å². The van der Waals surface area contributed by atoms with Crippen molar-refractivity contribution in [1.29, 1.82) is 0 Å². The monoisotopic (exact) mass is 373 g/mol. The maximum absolute atomic E-state index is 4.64. The van der Waals surface area contributed by atoms with E-state index in [0.717, 1.165) is 49.6 Å². The first-order valence-electron chi connectivity index (χ1n) is 10.0. The Morgan fingerprint density at radius 3 is 2.68 bits per heavy atom. The molecule has 1 aliphatic rings. The molecule has 0 unspecified atom stereocenters. The Hall–Kier alpha value is -3.08. The topological polar surface area (TPSA) is 46.0 Å². The standard InChI is InChI=1S/C23H27N5/c1-3-15-28-23-19(17-25-28)9-12-22(26-21-10-7-18(2)8-11-21)27(23)16-13-20-6-4-5-14-24-20/h4-8,10-12,14,17,26H,3,9,13,15-16H2,1-2H3. The molecule has 0 amide bonds. The Morgan fingerprint density at radius 1 is 1.07 bits per heavy atom. The van der Waals surface area contributed by atoms with Gasteiger partial charge in [-0.15, -0.1) is 0 Å². The lowest BCUT2D eigenvalue weighted by molar-refractivity contribution is 0.593. The van der Waals surface area contributed by atoms with Crippen LogP contribution in [0.1, 0.15) is 30.2 Å². The zero-order chi connectivity index (χ0) is 19.3. The largest absolute Gasteiger partial charge is 0.342 e. The van der Waals surface area contributed by atoms with Crippen LogP contribution in [-0.4, -0.2) is 21.3 Å². The van der Waals surface area contributed by atoms with Crippen molar-refractivity contribution in [1.82, 2.24) is 14.8 Å². The highest BCUT2D eigenvalue weighted by atomic mass is 15.4. The molecule has 144 valence electrons. The Bertz CT molecular complexity index is 941. The van der Waals surface area contributed by atoms with E-state index in [2.05, 4.69) is 75.2 Å². The summed E-state index contributed by atoms with van der Waals surface area (Å²) >= 11 is 0. The van der Waals surface area contributed by atoms with Crippen molar-refractivity contribution in [2.45, 2.75) is 39.7 Å². The van der Waals surface area contributed by atoms with Gasteiger partial charge in [0.25, 0.3) is 0 Å². The fourth-order valence-electron chi connectivity index (χ4n) is 3.58. The lowest BCUT2D eigenvalue weighted by atomic mass is 10.1. The summed E-state index contributed by atoms with van der Waals surface area (Å²) in [4.78, 5) is 6.85. The molecule has 5 nitrogen and oxygen atoms in total. The maximum atomic E-state index is 4.64. The van der Waals surface area contributed by atoms with E-state index in [4.69, 9.17) is 0 Å². The van der Waals surface area contributed by atoms with E-state index in [9.17, 15) is 0 Å². The molecule has 2 aromatic heterocycles. The van der Waals surface area contributed by atoms with E-state index in [-0.39, 0.29) is 0 Å². The summed E-state index contributed by atoms with van der Waals surface area (Å²) in [6, 6.07) is 14.6. The summed E-state index contributed by atoms with van der Waals surface area (Å²) in [5, 5.41) is 8.26. The van der Waals surface area contributed by atoms with Crippen LogP contribution in [0.2, 0.25) is 0 Å². The van der Waals surface area contributed by atoms with Gasteiger partial charge in [-0.25, -0.2) is 4.68 Å². The Kier molecular flexibility index (Phi) is 5.42. The smallest absolute Gasteiger partial charge is 0.135 e. The number of hydrogen-bond acceptors (Lipinski definition) is 4. The Morgan fingerprint density at radius 2 is 1.93 bits per heavy atom. The molecule has 0 radical (unpaired) electrons. The quantitative estimate of drug-likeness (QED) is 0.660. The number of benzene rings is 1. The van der Waals surface area contributed by atoms with Crippen LogP contribution in [0.15, 0.2) is 66.8 Å². The first kappa shape index (κ1) is 18.3. The number of anilines is 2. The van der Waals surface area contributed by atoms with Gasteiger partial charge in [-0.3, -0.25) is 4.98 Å². The number of aryl methyl sites for hydroxylation is 2. The van der Waals surface area contributed by atoms with Gasteiger partial charge in [-0.05, 0) is 50.1 Å². The summed E-state index contributed by atoms with van der Waals surface area (Å²) in [5.74, 6) is 2.32. The molecule has 3 aromatic rings. The fraction of sp³-hybridized carbons (Fsp3) is 0.304. The number of nitrogens with zero attached hydrogens (tertiary/aromatic N) is 4. The van der Waals surface area contributed by atoms with Gasteiger partial charge in [0.1, 0.15) is 11.6 Å². The van der Waals surface area contributed by atoms with Gasteiger partial charge in [0.2, 0.25) is 0 Å². The molecule has 0 spiro atoms. The zero-order valence-corrected chi connectivity index (χ0v) is 16.6. The van der Waals surface area contributed by atoms with Crippen molar-refractivity contribution >= 4 is 11.5 Å². The third-order valence-corrected chi connectivity index (χ3v) is 5.02. The lowest BCUT2D eigenvalue weighted by Crippen LogP contribution is -2.34. The molecule has 0 saturated heterocycles. The second kappa shape index (κ2) is 8.30. The minimum Gasteiger partial charge on any atom is -0.342 e. The molecular weight excluding hydrogens is 346 g/mol. The minimum absolute atomic E-state index is 0.851. The van der Waals surface area contributed by atoms with Crippen molar-refractivity contribution < 1.29 is 0 Å². The third-order valence-electron chi connectivity index (χ3n) is 5.02. The van der Waals surface area contributed by atoms with Crippen molar-refractivity contribution in [2.24, 2.45) is 0 Å². The first-order valence-corrected chi connectivity index (χ1v) is 10.0. The van der Waals surface area contributed by atoms with E-state index in [1.807, 2.05) is 24.5 Å². The molecule has 5 heteroatoms. The van der Waals surface area contributed by atoms with E-state index >= 15 is 0 Å². The molecule has 1 aliphatic heterocycles. The van der Waals surface area contributed by atoms with Crippen LogP contribution in [0.3, 0.4) is 0 Å². The van der Waals surface area contributed by atoms with Gasteiger partial charge < -0.3 is 10.2 Å². The summed E-state index contributed by atoms with van der Waals surface area (Å²) < 4.78 is 2.14. The highest BCUT2D eigenvalue weighted by molar-refractivity contribution is 5.62. The number of rotatable bonds is 7. The van der Waals surface area contributed by atoms with E-state index in [1.165, 1.54) is 16.9 Å². The number of pyridine rings is 1. The summed E-state index contributed by atoms with van der Waals surface area (Å²) in [7, 11) is 0. The Labute approximate surface area is 166 Å². The molecule has 1 N–H and O–H groups in total. The van der Waals surface area contributed by atoms with Gasteiger partial charge >= 0.3 is 0 Å². The van der Waals surface area contributed by atoms with Crippen molar-refractivity contribution in [3.63, 3.8) is 0 Å². The molecular formula is C23H27N5. The van der Waals surface area contributed by atoms with Crippen molar-refractivity contribution in [2.75, 3.05) is 16.8 Å². The predicted molar refractivity (Wildman–Crippen MR) is 114 cm³/mol. The second-order valence-corrected chi connectivity index (χ2v) is 7.22. The number of fused-ring (bicyclic) bond motifs is 1. The predicted octanol–water partition coefficient (Wildman–Crippen LogP) is 4.56. The van der Waals surface area contributed by atoms with E-state index < -0.39 is 0 Å². The average molecular weight is 374 g/mol. The number of nitrogens with one attached hydrogen (secondary N) is 1. The van der Waals surface area contributed by atoms with Gasteiger partial charge in [0, 0.05) is 42.7 Å². The number of hydrogen-bond donors (Lipinski definition) is 1. The van der Waals surface area contributed by atoms with Crippen LogP contribution in [0.4, 0.5) is 11.5 Å². The summed E-state index contributed by atoms with van der Waals surface area (Å²) in [6.45, 7) is 6.08. The van der Waals surface area contributed by atoms with Gasteiger partial charge in [0.15, 0.2) is 0 Å².